The van der Waals surface area contributed by atoms with Crippen molar-refractivity contribution in [2.45, 2.75) is 6.42 Å². The van der Waals surface area contributed by atoms with Gasteiger partial charge in [-0.15, -0.1) is 0 Å². The Bertz CT molecular complexity index is 440. The summed E-state index contributed by atoms with van der Waals surface area (Å²) in [7, 11) is 0. The number of amides is 2. The summed E-state index contributed by atoms with van der Waals surface area (Å²) in [6.07, 6.45) is -0.190. The number of carbonyl (C=O) groups excluding carboxylic acids is 1. The molecule has 0 saturated carbocycles. The Kier molecular flexibility index (Phi) is 4.71. The molecular formula is C10H10ClFN2O3. The molecule has 0 radical (unpaired) electrons. The Morgan fingerprint density at radius 2 is 2.12 bits per heavy atom. The zero-order valence-electron chi connectivity index (χ0n) is 8.67. The highest BCUT2D eigenvalue weighted by Crippen LogP contribution is 2.22. The first-order valence-electron chi connectivity index (χ1n) is 4.70. The number of benzene rings is 1. The smallest absolute Gasteiger partial charge is 0.319 e. The topological polar surface area (TPSA) is 78.4 Å². The van der Waals surface area contributed by atoms with Gasteiger partial charge in [0.05, 0.1) is 17.1 Å². The van der Waals surface area contributed by atoms with Gasteiger partial charge in [-0.25, -0.2) is 9.18 Å². The standard InChI is InChI=1S/C10H10ClFN2O3/c11-7-2-1-6(12)5-8(7)14-10(17)13-4-3-9(15)16/h1-2,5H,3-4H2,(H,15,16)(H2,13,14,17). The van der Waals surface area contributed by atoms with Crippen molar-refractivity contribution < 1.29 is 19.1 Å². The predicted molar refractivity (Wildman–Crippen MR) is 60.7 cm³/mol. The molecule has 0 saturated heterocycles. The number of carbonyl (C=O) groups is 2. The lowest BCUT2D eigenvalue weighted by Crippen LogP contribution is -2.30. The highest BCUT2D eigenvalue weighted by molar-refractivity contribution is 6.33. The minimum Gasteiger partial charge on any atom is -0.481 e. The summed E-state index contributed by atoms with van der Waals surface area (Å²) in [6, 6.07) is 2.90. The summed E-state index contributed by atoms with van der Waals surface area (Å²) in [5.41, 5.74) is 0.125. The van der Waals surface area contributed by atoms with E-state index in [0.717, 1.165) is 12.1 Å². The summed E-state index contributed by atoms with van der Waals surface area (Å²) < 4.78 is 12.8. The van der Waals surface area contributed by atoms with E-state index in [-0.39, 0.29) is 23.7 Å². The molecule has 0 atom stereocenters. The predicted octanol–water partition coefficient (Wildman–Crippen LogP) is 2.08. The van der Waals surface area contributed by atoms with Gasteiger partial charge in [0.2, 0.25) is 0 Å². The van der Waals surface area contributed by atoms with E-state index in [9.17, 15) is 14.0 Å². The summed E-state index contributed by atoms with van der Waals surface area (Å²) in [4.78, 5) is 21.5. The molecule has 3 N–H and O–H groups in total. The molecule has 0 aliphatic heterocycles. The minimum absolute atomic E-state index is 0.0197. The Morgan fingerprint density at radius 1 is 1.41 bits per heavy atom. The molecule has 2 amide bonds. The van der Waals surface area contributed by atoms with Crippen molar-refractivity contribution in [3.8, 4) is 0 Å². The van der Waals surface area contributed by atoms with Crippen LogP contribution in [0.3, 0.4) is 0 Å². The van der Waals surface area contributed by atoms with Crippen molar-refractivity contribution in [3.05, 3.63) is 29.0 Å². The lowest BCUT2D eigenvalue weighted by Gasteiger charge is -2.08. The van der Waals surface area contributed by atoms with Gasteiger partial charge in [0.25, 0.3) is 0 Å². The van der Waals surface area contributed by atoms with E-state index in [0.29, 0.717) is 0 Å². The molecule has 1 aromatic carbocycles. The molecule has 0 aliphatic rings. The van der Waals surface area contributed by atoms with Crippen LogP contribution in [-0.4, -0.2) is 23.7 Å². The number of hydrogen-bond acceptors (Lipinski definition) is 2. The fraction of sp³-hybridized carbons (Fsp3) is 0.200. The van der Waals surface area contributed by atoms with E-state index in [1.165, 1.54) is 6.07 Å². The molecule has 1 rings (SSSR count). The van der Waals surface area contributed by atoms with E-state index < -0.39 is 17.8 Å². The second kappa shape index (κ2) is 6.05. The molecule has 0 aromatic heterocycles. The molecule has 1 aromatic rings. The monoisotopic (exact) mass is 260 g/mol. The molecule has 0 aliphatic carbocycles. The molecule has 7 heteroatoms. The van der Waals surface area contributed by atoms with Gasteiger partial charge in [0.1, 0.15) is 5.82 Å². The van der Waals surface area contributed by atoms with Crippen molar-refractivity contribution >= 4 is 29.3 Å². The van der Waals surface area contributed by atoms with Crippen molar-refractivity contribution in [1.82, 2.24) is 5.32 Å². The maximum atomic E-state index is 12.8. The average molecular weight is 261 g/mol. The van der Waals surface area contributed by atoms with E-state index in [2.05, 4.69) is 10.6 Å². The highest BCUT2D eigenvalue weighted by atomic mass is 35.5. The van der Waals surface area contributed by atoms with E-state index >= 15 is 0 Å². The van der Waals surface area contributed by atoms with Gasteiger partial charge in [-0.2, -0.15) is 0 Å². The molecular weight excluding hydrogens is 251 g/mol. The first kappa shape index (κ1) is 13.2. The molecule has 5 nitrogen and oxygen atoms in total. The third-order valence-corrected chi connectivity index (χ3v) is 2.13. The average Bonchev–Trinajstić information content (AvgIpc) is 2.23. The van der Waals surface area contributed by atoms with Crippen molar-refractivity contribution in [2.75, 3.05) is 11.9 Å². The first-order valence-corrected chi connectivity index (χ1v) is 5.08. The van der Waals surface area contributed by atoms with Crippen LogP contribution in [0.15, 0.2) is 18.2 Å². The molecule has 0 spiro atoms. The number of carboxylic acid groups (broad SMARTS) is 1. The maximum absolute atomic E-state index is 12.8. The Morgan fingerprint density at radius 3 is 2.76 bits per heavy atom. The normalized spacial score (nSPS) is 9.76. The molecule has 0 fully saturated rings. The largest absolute Gasteiger partial charge is 0.481 e. The van der Waals surface area contributed by atoms with E-state index in [1.807, 2.05) is 0 Å². The van der Waals surface area contributed by atoms with Crippen molar-refractivity contribution in [1.29, 1.82) is 0 Å². The van der Waals surface area contributed by atoms with E-state index in [4.69, 9.17) is 16.7 Å². The summed E-state index contributed by atoms with van der Waals surface area (Å²) in [5, 5.41) is 13.2. The number of hydrogen-bond donors (Lipinski definition) is 3. The number of aliphatic carboxylic acids is 1. The fourth-order valence-electron chi connectivity index (χ4n) is 1.04. The van der Waals surface area contributed by atoms with Crippen molar-refractivity contribution in [2.24, 2.45) is 0 Å². The van der Waals surface area contributed by atoms with Crippen LogP contribution in [-0.2, 0) is 4.79 Å². The number of urea groups is 1. The first-order chi connectivity index (χ1) is 7.99. The molecule has 0 heterocycles. The highest BCUT2D eigenvalue weighted by Gasteiger charge is 2.06. The zero-order chi connectivity index (χ0) is 12.8. The van der Waals surface area contributed by atoms with Crippen LogP contribution >= 0.6 is 11.6 Å². The summed E-state index contributed by atoms with van der Waals surface area (Å²) in [6.45, 7) is -0.0197. The summed E-state index contributed by atoms with van der Waals surface area (Å²) in [5.74, 6) is -1.55. The third-order valence-electron chi connectivity index (χ3n) is 1.80. The fourth-order valence-corrected chi connectivity index (χ4v) is 1.21. The van der Waals surface area contributed by atoms with Gasteiger partial charge < -0.3 is 15.7 Å². The van der Waals surface area contributed by atoms with E-state index in [1.54, 1.807) is 0 Å². The van der Waals surface area contributed by atoms with Gasteiger partial charge in [0, 0.05) is 6.54 Å². The molecule has 0 unspecified atom stereocenters. The van der Waals surface area contributed by atoms with Crippen LogP contribution in [0.25, 0.3) is 0 Å². The van der Waals surface area contributed by atoms with Crippen LogP contribution in [0.2, 0.25) is 5.02 Å². The van der Waals surface area contributed by atoms with Crippen LogP contribution in [0.5, 0.6) is 0 Å². The number of nitrogens with one attached hydrogen (secondary N) is 2. The van der Waals surface area contributed by atoms with Crippen molar-refractivity contribution in [3.63, 3.8) is 0 Å². The van der Waals surface area contributed by atoms with Gasteiger partial charge in [-0.1, -0.05) is 11.6 Å². The quantitative estimate of drug-likeness (QED) is 0.775. The number of halogens is 2. The van der Waals surface area contributed by atoms with Crippen LogP contribution < -0.4 is 10.6 Å². The van der Waals surface area contributed by atoms with Crippen LogP contribution in [0, 0.1) is 5.82 Å². The van der Waals surface area contributed by atoms with Gasteiger partial charge in [-0.3, -0.25) is 4.79 Å². The van der Waals surface area contributed by atoms with Crippen LogP contribution in [0.1, 0.15) is 6.42 Å². The number of rotatable bonds is 4. The second-order valence-corrected chi connectivity index (χ2v) is 3.56. The molecule has 17 heavy (non-hydrogen) atoms. The molecule has 0 bridgehead atoms. The maximum Gasteiger partial charge on any atom is 0.319 e. The lowest BCUT2D eigenvalue weighted by molar-refractivity contribution is -0.136. The van der Waals surface area contributed by atoms with Crippen LogP contribution in [0.4, 0.5) is 14.9 Å². The van der Waals surface area contributed by atoms with Gasteiger partial charge in [-0.05, 0) is 18.2 Å². The number of carboxylic acids is 1. The third kappa shape index (κ3) is 4.69. The van der Waals surface area contributed by atoms with Gasteiger partial charge >= 0.3 is 12.0 Å². The Hall–Kier alpha value is -1.82. The zero-order valence-corrected chi connectivity index (χ0v) is 9.42. The SMILES string of the molecule is O=C(O)CCNC(=O)Nc1cc(F)ccc1Cl. The minimum atomic E-state index is -1.02. The Labute approximate surface area is 102 Å². The summed E-state index contributed by atoms with van der Waals surface area (Å²) >= 11 is 5.72. The molecule has 92 valence electrons. The second-order valence-electron chi connectivity index (χ2n) is 3.15. The lowest BCUT2D eigenvalue weighted by atomic mass is 10.3. The van der Waals surface area contributed by atoms with Gasteiger partial charge in [0.15, 0.2) is 0 Å². The Balaban J connectivity index is 2.50. The number of anilines is 1.